The summed E-state index contributed by atoms with van der Waals surface area (Å²) in [5.41, 5.74) is 1.40. The second-order valence-electron chi connectivity index (χ2n) is 6.45. The maximum Gasteiger partial charge on any atom is 0.0714 e. The number of hydrogen-bond donors (Lipinski definition) is 1. The summed E-state index contributed by atoms with van der Waals surface area (Å²) in [4.78, 5) is 2.50. The first-order valence-corrected chi connectivity index (χ1v) is 8.32. The molecule has 1 aromatic carbocycles. The fourth-order valence-corrected chi connectivity index (χ4v) is 2.76. The first kappa shape index (κ1) is 16.5. The number of nitrogens with one attached hydrogen (secondary N) is 1. The molecule has 1 fully saturated rings. The van der Waals surface area contributed by atoms with Crippen LogP contribution >= 0.6 is 0 Å². The van der Waals surface area contributed by atoms with Crippen LogP contribution in [0.3, 0.4) is 0 Å². The van der Waals surface area contributed by atoms with E-state index in [9.17, 15) is 0 Å². The maximum absolute atomic E-state index is 6.00. The van der Waals surface area contributed by atoms with Gasteiger partial charge in [-0.15, -0.1) is 0 Å². The summed E-state index contributed by atoms with van der Waals surface area (Å²) < 4.78 is 6.00. The summed E-state index contributed by atoms with van der Waals surface area (Å²) in [5, 5.41) is 3.46. The van der Waals surface area contributed by atoms with Gasteiger partial charge in [0.2, 0.25) is 0 Å². The van der Waals surface area contributed by atoms with Gasteiger partial charge < -0.3 is 10.1 Å². The van der Waals surface area contributed by atoms with Crippen LogP contribution in [0.2, 0.25) is 0 Å². The lowest BCUT2D eigenvalue weighted by molar-refractivity contribution is 0.0570. The molecule has 1 unspecified atom stereocenters. The molecule has 21 heavy (non-hydrogen) atoms. The Morgan fingerprint density at radius 3 is 2.86 bits per heavy atom. The topological polar surface area (TPSA) is 24.5 Å². The van der Waals surface area contributed by atoms with Crippen LogP contribution in [0, 0.1) is 5.92 Å². The number of hydrogen-bond acceptors (Lipinski definition) is 3. The Morgan fingerprint density at radius 2 is 2.10 bits per heavy atom. The second-order valence-corrected chi connectivity index (χ2v) is 6.45. The molecule has 1 N–H and O–H groups in total. The average Bonchev–Trinajstić information content (AvgIpc) is 2.91. The number of likely N-dealkylation sites (tertiary alicyclic amines) is 1. The molecule has 1 aromatic rings. The van der Waals surface area contributed by atoms with E-state index in [1.165, 1.54) is 12.0 Å². The minimum absolute atomic E-state index is 0.429. The van der Waals surface area contributed by atoms with Crippen molar-refractivity contribution in [1.82, 2.24) is 10.2 Å². The van der Waals surface area contributed by atoms with Gasteiger partial charge in [0.05, 0.1) is 6.10 Å². The van der Waals surface area contributed by atoms with E-state index in [4.69, 9.17) is 4.74 Å². The van der Waals surface area contributed by atoms with Gasteiger partial charge in [-0.3, -0.25) is 4.90 Å². The standard InChI is InChI=1S/C18H30N2O/c1-16(2)13-19-10-6-12-21-18-9-11-20(15-18)14-17-7-4-3-5-8-17/h3-5,7-8,16,18-19H,6,9-15H2,1-2H3. The summed E-state index contributed by atoms with van der Waals surface area (Å²) in [6.07, 6.45) is 2.72. The molecule has 0 saturated carbocycles. The van der Waals surface area contributed by atoms with Crippen molar-refractivity contribution in [3.8, 4) is 0 Å². The van der Waals surface area contributed by atoms with Gasteiger partial charge >= 0.3 is 0 Å². The summed E-state index contributed by atoms with van der Waals surface area (Å²) in [6.45, 7) is 10.8. The van der Waals surface area contributed by atoms with E-state index < -0.39 is 0 Å². The molecule has 1 atom stereocenters. The van der Waals surface area contributed by atoms with E-state index in [1.807, 2.05) is 0 Å². The van der Waals surface area contributed by atoms with Crippen LogP contribution in [-0.2, 0) is 11.3 Å². The number of ether oxygens (including phenoxy) is 1. The van der Waals surface area contributed by atoms with Crippen LogP contribution < -0.4 is 5.32 Å². The number of nitrogens with zero attached hydrogens (tertiary/aromatic N) is 1. The molecule has 1 aliphatic rings. The Balaban J connectivity index is 1.54. The van der Waals surface area contributed by atoms with Crippen molar-refractivity contribution in [2.24, 2.45) is 5.92 Å². The largest absolute Gasteiger partial charge is 0.377 e. The molecule has 0 amide bonds. The Morgan fingerprint density at radius 1 is 1.29 bits per heavy atom. The second kappa shape index (κ2) is 9.19. The van der Waals surface area contributed by atoms with Crippen molar-refractivity contribution in [2.45, 2.75) is 39.3 Å². The van der Waals surface area contributed by atoms with Gasteiger partial charge in [-0.25, -0.2) is 0 Å². The lowest BCUT2D eigenvalue weighted by Gasteiger charge is -2.16. The van der Waals surface area contributed by atoms with Crippen LogP contribution in [0.25, 0.3) is 0 Å². The summed E-state index contributed by atoms with van der Waals surface area (Å²) >= 11 is 0. The van der Waals surface area contributed by atoms with Crippen LogP contribution in [0.5, 0.6) is 0 Å². The fourth-order valence-electron chi connectivity index (χ4n) is 2.76. The van der Waals surface area contributed by atoms with Crippen LogP contribution in [0.15, 0.2) is 30.3 Å². The van der Waals surface area contributed by atoms with Crippen molar-refractivity contribution >= 4 is 0 Å². The van der Waals surface area contributed by atoms with Crippen molar-refractivity contribution in [1.29, 1.82) is 0 Å². The number of rotatable bonds is 9. The zero-order valence-corrected chi connectivity index (χ0v) is 13.6. The van der Waals surface area contributed by atoms with Crippen LogP contribution in [0.1, 0.15) is 32.3 Å². The molecule has 0 spiro atoms. The van der Waals surface area contributed by atoms with Crippen molar-refractivity contribution in [3.63, 3.8) is 0 Å². The SMILES string of the molecule is CC(C)CNCCCOC1CCN(Cc2ccccc2)C1. The number of benzene rings is 1. The Bertz CT molecular complexity index is 380. The molecule has 0 aliphatic carbocycles. The molecule has 118 valence electrons. The zero-order valence-electron chi connectivity index (χ0n) is 13.6. The molecule has 1 saturated heterocycles. The summed E-state index contributed by atoms with van der Waals surface area (Å²) in [5.74, 6) is 0.729. The van der Waals surface area contributed by atoms with Gasteiger partial charge in [-0.05, 0) is 37.4 Å². The highest BCUT2D eigenvalue weighted by Crippen LogP contribution is 2.15. The van der Waals surface area contributed by atoms with Crippen molar-refractivity contribution in [2.75, 3.05) is 32.8 Å². The van der Waals surface area contributed by atoms with E-state index in [0.717, 1.165) is 51.7 Å². The highest BCUT2D eigenvalue weighted by Gasteiger charge is 2.22. The van der Waals surface area contributed by atoms with Gasteiger partial charge in [-0.1, -0.05) is 44.2 Å². The minimum atomic E-state index is 0.429. The van der Waals surface area contributed by atoms with Crippen LogP contribution in [-0.4, -0.2) is 43.8 Å². The molecule has 1 aliphatic heterocycles. The third-order valence-electron chi connectivity index (χ3n) is 3.88. The molecule has 3 nitrogen and oxygen atoms in total. The normalized spacial score (nSPS) is 19.5. The van der Waals surface area contributed by atoms with E-state index in [0.29, 0.717) is 6.10 Å². The molecule has 1 heterocycles. The van der Waals surface area contributed by atoms with Crippen LogP contribution in [0.4, 0.5) is 0 Å². The van der Waals surface area contributed by atoms with E-state index in [2.05, 4.69) is 54.4 Å². The summed E-state index contributed by atoms with van der Waals surface area (Å²) in [6, 6.07) is 10.7. The third-order valence-corrected chi connectivity index (χ3v) is 3.88. The van der Waals surface area contributed by atoms with Gasteiger partial charge in [-0.2, -0.15) is 0 Å². The minimum Gasteiger partial charge on any atom is -0.377 e. The van der Waals surface area contributed by atoms with E-state index in [-0.39, 0.29) is 0 Å². The van der Waals surface area contributed by atoms with E-state index in [1.54, 1.807) is 0 Å². The monoisotopic (exact) mass is 290 g/mol. The molecule has 0 radical (unpaired) electrons. The van der Waals surface area contributed by atoms with Crippen molar-refractivity contribution < 1.29 is 4.74 Å². The van der Waals surface area contributed by atoms with Gasteiger partial charge in [0.25, 0.3) is 0 Å². The average molecular weight is 290 g/mol. The molecule has 2 rings (SSSR count). The predicted octanol–water partition coefficient (Wildman–Crippen LogP) is 2.91. The smallest absolute Gasteiger partial charge is 0.0714 e. The highest BCUT2D eigenvalue weighted by atomic mass is 16.5. The Labute approximate surface area is 129 Å². The molecule has 0 bridgehead atoms. The molecule has 3 heteroatoms. The van der Waals surface area contributed by atoms with Crippen molar-refractivity contribution in [3.05, 3.63) is 35.9 Å². The first-order valence-electron chi connectivity index (χ1n) is 8.32. The lowest BCUT2D eigenvalue weighted by atomic mass is 10.2. The zero-order chi connectivity index (χ0) is 14.9. The highest BCUT2D eigenvalue weighted by molar-refractivity contribution is 5.14. The molecular weight excluding hydrogens is 260 g/mol. The van der Waals surface area contributed by atoms with Gasteiger partial charge in [0.15, 0.2) is 0 Å². The Hall–Kier alpha value is -0.900. The molecular formula is C18H30N2O. The maximum atomic E-state index is 6.00. The lowest BCUT2D eigenvalue weighted by Crippen LogP contribution is -2.25. The molecule has 0 aromatic heterocycles. The quantitative estimate of drug-likeness (QED) is 0.708. The van der Waals surface area contributed by atoms with Gasteiger partial charge in [0.1, 0.15) is 0 Å². The Kier molecular flexibility index (Phi) is 7.20. The summed E-state index contributed by atoms with van der Waals surface area (Å²) in [7, 11) is 0. The third kappa shape index (κ3) is 6.60. The fraction of sp³-hybridized carbons (Fsp3) is 0.667. The van der Waals surface area contributed by atoms with E-state index >= 15 is 0 Å². The first-order chi connectivity index (χ1) is 10.2. The van der Waals surface area contributed by atoms with Gasteiger partial charge in [0, 0.05) is 26.2 Å². The predicted molar refractivity (Wildman–Crippen MR) is 88.4 cm³/mol.